The summed E-state index contributed by atoms with van der Waals surface area (Å²) < 4.78 is 1.85. The van der Waals surface area contributed by atoms with Crippen molar-refractivity contribution in [1.82, 2.24) is 19.9 Å². The first-order valence-corrected chi connectivity index (χ1v) is 5.57. The molecule has 0 unspecified atom stereocenters. The number of hydrogen-bond donors (Lipinski definition) is 0. The third-order valence-corrected chi connectivity index (χ3v) is 2.81. The minimum absolute atomic E-state index is 1.04. The maximum Gasteiger partial charge on any atom is 0.0851 e. The number of rotatable bonds is 3. The molecule has 1 aliphatic heterocycles. The van der Waals surface area contributed by atoms with Crippen LogP contribution in [0.1, 0.15) is 25.5 Å². The molecule has 2 rings (SSSR count). The van der Waals surface area contributed by atoms with Crippen LogP contribution in [0.4, 0.5) is 0 Å². The zero-order chi connectivity index (χ0) is 10.7. The minimum Gasteiger partial charge on any atom is -0.299 e. The van der Waals surface area contributed by atoms with Crippen molar-refractivity contribution in [2.24, 2.45) is 7.05 Å². The van der Waals surface area contributed by atoms with Crippen molar-refractivity contribution in [1.29, 1.82) is 0 Å². The molecule has 0 amide bonds. The van der Waals surface area contributed by atoms with E-state index < -0.39 is 0 Å². The molecule has 0 N–H and O–H groups in total. The van der Waals surface area contributed by atoms with Gasteiger partial charge in [0.1, 0.15) is 0 Å². The monoisotopic (exact) mass is 206 g/mol. The van der Waals surface area contributed by atoms with E-state index in [-0.39, 0.29) is 0 Å². The van der Waals surface area contributed by atoms with Gasteiger partial charge in [-0.15, -0.1) is 5.10 Å². The Bertz CT molecular complexity index is 353. The van der Waals surface area contributed by atoms with Gasteiger partial charge in [0.2, 0.25) is 0 Å². The van der Waals surface area contributed by atoms with Gasteiger partial charge in [-0.25, -0.2) is 4.68 Å². The van der Waals surface area contributed by atoms with Gasteiger partial charge in [-0.05, 0) is 25.0 Å². The van der Waals surface area contributed by atoms with Gasteiger partial charge in [-0.1, -0.05) is 18.2 Å². The first-order valence-electron chi connectivity index (χ1n) is 5.57. The summed E-state index contributed by atoms with van der Waals surface area (Å²) in [4.78, 5) is 2.49. The van der Waals surface area contributed by atoms with E-state index in [2.05, 4.69) is 28.2 Å². The van der Waals surface area contributed by atoms with Gasteiger partial charge in [-0.3, -0.25) is 4.90 Å². The molecule has 0 bridgehead atoms. The fraction of sp³-hybridized carbons (Fsp3) is 0.636. The summed E-state index contributed by atoms with van der Waals surface area (Å²) in [7, 11) is 1.95. The summed E-state index contributed by atoms with van der Waals surface area (Å²) in [6.07, 6.45) is 6.52. The van der Waals surface area contributed by atoms with Gasteiger partial charge in [0.05, 0.1) is 11.9 Å². The van der Waals surface area contributed by atoms with Crippen molar-refractivity contribution in [2.45, 2.75) is 19.8 Å². The number of aryl methyl sites for hydroxylation is 1. The predicted octanol–water partition coefficient (Wildman–Crippen LogP) is 1.31. The Balaban J connectivity index is 2.11. The number of aromatic nitrogens is 3. The second-order valence-corrected chi connectivity index (χ2v) is 4.04. The van der Waals surface area contributed by atoms with Crippen LogP contribution in [0.15, 0.2) is 12.3 Å². The second kappa shape index (κ2) is 4.57. The molecule has 15 heavy (non-hydrogen) atoms. The molecular weight excluding hydrogens is 188 g/mol. The Labute approximate surface area is 90.6 Å². The highest BCUT2D eigenvalue weighted by Gasteiger charge is 2.15. The van der Waals surface area contributed by atoms with Gasteiger partial charge in [0.15, 0.2) is 0 Å². The van der Waals surface area contributed by atoms with Gasteiger partial charge in [0.25, 0.3) is 0 Å². The van der Waals surface area contributed by atoms with E-state index in [0.717, 1.165) is 18.7 Å². The van der Waals surface area contributed by atoms with Crippen molar-refractivity contribution >= 4 is 5.57 Å². The van der Waals surface area contributed by atoms with Crippen LogP contribution in [0, 0.1) is 0 Å². The molecule has 0 atom stereocenters. The normalized spacial score (nSPS) is 17.9. The van der Waals surface area contributed by atoms with E-state index >= 15 is 0 Å². The van der Waals surface area contributed by atoms with Crippen molar-refractivity contribution in [3.8, 4) is 0 Å². The Morgan fingerprint density at radius 1 is 1.47 bits per heavy atom. The lowest BCUT2D eigenvalue weighted by molar-refractivity contribution is 0.304. The smallest absolute Gasteiger partial charge is 0.0851 e. The molecule has 1 aliphatic rings. The van der Waals surface area contributed by atoms with E-state index in [1.807, 2.05) is 17.9 Å². The summed E-state index contributed by atoms with van der Waals surface area (Å²) >= 11 is 0. The van der Waals surface area contributed by atoms with Crippen molar-refractivity contribution in [3.05, 3.63) is 18.0 Å². The van der Waals surface area contributed by atoms with E-state index in [0.29, 0.717) is 0 Å². The Morgan fingerprint density at radius 2 is 2.33 bits per heavy atom. The Hall–Kier alpha value is -1.16. The summed E-state index contributed by atoms with van der Waals surface area (Å²) in [5, 5.41) is 7.89. The molecule has 0 saturated carbocycles. The molecule has 0 fully saturated rings. The summed E-state index contributed by atoms with van der Waals surface area (Å²) in [5.74, 6) is 0. The van der Waals surface area contributed by atoms with Gasteiger partial charge >= 0.3 is 0 Å². The van der Waals surface area contributed by atoms with E-state index in [9.17, 15) is 0 Å². The van der Waals surface area contributed by atoms with E-state index in [4.69, 9.17) is 0 Å². The van der Waals surface area contributed by atoms with E-state index in [1.54, 1.807) is 0 Å². The average molecular weight is 206 g/mol. The lowest BCUT2D eigenvalue weighted by Crippen LogP contribution is -2.30. The number of hydrogen-bond acceptors (Lipinski definition) is 3. The molecule has 0 aliphatic carbocycles. The first-order chi connectivity index (χ1) is 7.31. The zero-order valence-electron chi connectivity index (χ0n) is 9.48. The minimum atomic E-state index is 1.04. The third-order valence-electron chi connectivity index (χ3n) is 2.81. The average Bonchev–Trinajstić information content (AvgIpc) is 2.65. The van der Waals surface area contributed by atoms with Crippen LogP contribution >= 0.6 is 0 Å². The largest absolute Gasteiger partial charge is 0.299 e. The Kier molecular flexibility index (Phi) is 3.16. The van der Waals surface area contributed by atoms with Crippen molar-refractivity contribution in [3.63, 3.8) is 0 Å². The fourth-order valence-corrected chi connectivity index (χ4v) is 2.08. The molecule has 82 valence electrons. The standard InChI is InChI=1S/C11H18N4/c1-3-6-15-7-4-5-10(9-15)11-8-12-13-14(11)2/h5,8H,3-4,6-7,9H2,1-2H3. The number of nitrogens with zero attached hydrogens (tertiary/aromatic N) is 4. The maximum atomic E-state index is 3.97. The maximum absolute atomic E-state index is 3.97. The lowest BCUT2D eigenvalue weighted by atomic mass is 10.1. The second-order valence-electron chi connectivity index (χ2n) is 4.04. The molecular formula is C11H18N4. The molecule has 1 aromatic rings. The quantitative estimate of drug-likeness (QED) is 0.748. The van der Waals surface area contributed by atoms with Gasteiger partial charge < -0.3 is 0 Å². The third kappa shape index (κ3) is 2.26. The molecule has 0 radical (unpaired) electrons. The molecule has 0 spiro atoms. The highest BCUT2D eigenvalue weighted by molar-refractivity contribution is 5.64. The van der Waals surface area contributed by atoms with Crippen LogP contribution in [0.5, 0.6) is 0 Å². The predicted molar refractivity (Wildman–Crippen MR) is 60.3 cm³/mol. The Morgan fingerprint density at radius 3 is 3.00 bits per heavy atom. The summed E-state index contributed by atoms with van der Waals surface area (Å²) in [6.45, 7) is 5.63. The van der Waals surface area contributed by atoms with Crippen molar-refractivity contribution in [2.75, 3.05) is 19.6 Å². The molecule has 0 aromatic carbocycles. The molecule has 0 saturated heterocycles. The lowest BCUT2D eigenvalue weighted by Gasteiger charge is -2.26. The van der Waals surface area contributed by atoms with Crippen LogP contribution in [0.25, 0.3) is 5.57 Å². The summed E-state index contributed by atoms with van der Waals surface area (Å²) in [5.41, 5.74) is 2.51. The highest BCUT2D eigenvalue weighted by Crippen LogP contribution is 2.19. The van der Waals surface area contributed by atoms with Crippen LogP contribution < -0.4 is 0 Å². The molecule has 2 heterocycles. The molecule has 4 heteroatoms. The van der Waals surface area contributed by atoms with Crippen LogP contribution in [0.3, 0.4) is 0 Å². The molecule has 4 nitrogen and oxygen atoms in total. The highest BCUT2D eigenvalue weighted by atomic mass is 15.4. The summed E-state index contributed by atoms with van der Waals surface area (Å²) in [6, 6.07) is 0. The first kappa shape index (κ1) is 10.4. The molecule has 1 aromatic heterocycles. The van der Waals surface area contributed by atoms with Crippen LogP contribution in [0.2, 0.25) is 0 Å². The van der Waals surface area contributed by atoms with Gasteiger partial charge in [0, 0.05) is 20.1 Å². The van der Waals surface area contributed by atoms with Crippen LogP contribution in [-0.2, 0) is 7.05 Å². The van der Waals surface area contributed by atoms with Gasteiger partial charge in [-0.2, -0.15) is 0 Å². The fourth-order valence-electron chi connectivity index (χ4n) is 2.08. The topological polar surface area (TPSA) is 34.0 Å². The SMILES string of the molecule is CCCN1CCC=C(c2cnnn2C)C1. The van der Waals surface area contributed by atoms with E-state index in [1.165, 1.54) is 25.1 Å². The zero-order valence-corrected chi connectivity index (χ0v) is 9.48. The van der Waals surface area contributed by atoms with Crippen molar-refractivity contribution < 1.29 is 0 Å². The van der Waals surface area contributed by atoms with Crippen LogP contribution in [-0.4, -0.2) is 39.5 Å².